The summed E-state index contributed by atoms with van der Waals surface area (Å²) >= 11 is 5.74. The second kappa shape index (κ2) is 8.14. The van der Waals surface area contributed by atoms with Gasteiger partial charge in [-0.2, -0.15) is 5.26 Å². The lowest BCUT2D eigenvalue weighted by Gasteiger charge is -2.12. The SMILES string of the molecule is CN(C)c1ccc(/C=C(\C#N)C(=O)Nc2ccc(Cl)c([N+](=O)[O-])c2)cc1. The van der Waals surface area contributed by atoms with Crippen LogP contribution in [0.3, 0.4) is 0 Å². The fourth-order valence-corrected chi connectivity index (χ4v) is 2.30. The number of hydrogen-bond acceptors (Lipinski definition) is 5. The highest BCUT2D eigenvalue weighted by Crippen LogP contribution is 2.27. The molecule has 0 spiro atoms. The van der Waals surface area contributed by atoms with E-state index >= 15 is 0 Å². The molecule has 8 heteroatoms. The third-order valence-corrected chi connectivity index (χ3v) is 3.81. The fraction of sp³-hybridized carbons (Fsp3) is 0.111. The molecule has 1 amide bonds. The average molecular weight is 371 g/mol. The molecule has 26 heavy (non-hydrogen) atoms. The third-order valence-electron chi connectivity index (χ3n) is 3.49. The molecule has 0 aliphatic carbocycles. The summed E-state index contributed by atoms with van der Waals surface area (Å²) in [7, 11) is 3.81. The first-order valence-corrected chi connectivity index (χ1v) is 7.84. The number of hydrogen-bond donors (Lipinski definition) is 1. The van der Waals surface area contributed by atoms with Crippen molar-refractivity contribution in [1.82, 2.24) is 0 Å². The van der Waals surface area contributed by atoms with Gasteiger partial charge in [-0.1, -0.05) is 23.7 Å². The molecule has 132 valence electrons. The van der Waals surface area contributed by atoms with Crippen LogP contribution >= 0.6 is 11.6 Å². The molecule has 0 aliphatic heterocycles. The van der Waals surface area contributed by atoms with Gasteiger partial charge in [0.25, 0.3) is 11.6 Å². The Kier molecular flexibility index (Phi) is 5.94. The van der Waals surface area contributed by atoms with Gasteiger partial charge in [0, 0.05) is 31.5 Å². The lowest BCUT2D eigenvalue weighted by Crippen LogP contribution is -2.13. The summed E-state index contributed by atoms with van der Waals surface area (Å²) in [6.07, 6.45) is 1.44. The highest BCUT2D eigenvalue weighted by atomic mass is 35.5. The molecule has 0 saturated carbocycles. The number of benzene rings is 2. The summed E-state index contributed by atoms with van der Waals surface area (Å²) in [4.78, 5) is 24.5. The Hall–Kier alpha value is -3.37. The van der Waals surface area contributed by atoms with Crippen LogP contribution in [0, 0.1) is 21.4 Å². The van der Waals surface area contributed by atoms with Gasteiger partial charge in [-0.3, -0.25) is 14.9 Å². The molecule has 0 aliphatic rings. The average Bonchev–Trinajstić information content (AvgIpc) is 2.61. The van der Waals surface area contributed by atoms with Gasteiger partial charge in [-0.15, -0.1) is 0 Å². The van der Waals surface area contributed by atoms with Crippen LogP contribution in [0.25, 0.3) is 6.08 Å². The summed E-state index contributed by atoms with van der Waals surface area (Å²) in [5, 5.41) is 22.6. The molecular weight excluding hydrogens is 356 g/mol. The minimum Gasteiger partial charge on any atom is -0.378 e. The standard InChI is InChI=1S/C18H15ClN4O3/c1-22(2)15-6-3-12(4-7-15)9-13(11-20)18(24)21-14-5-8-16(19)17(10-14)23(25)26/h3-10H,1-2H3,(H,21,24)/b13-9+. The summed E-state index contributed by atoms with van der Waals surface area (Å²) < 4.78 is 0. The maximum Gasteiger partial charge on any atom is 0.289 e. The zero-order valence-corrected chi connectivity index (χ0v) is 14.8. The van der Waals surface area contributed by atoms with Crippen molar-refractivity contribution in [2.24, 2.45) is 0 Å². The van der Waals surface area contributed by atoms with E-state index in [2.05, 4.69) is 5.32 Å². The monoisotopic (exact) mass is 370 g/mol. The number of rotatable bonds is 5. The topological polar surface area (TPSA) is 99.3 Å². The van der Waals surface area contributed by atoms with E-state index in [4.69, 9.17) is 11.6 Å². The van der Waals surface area contributed by atoms with Crippen LogP contribution in [0.2, 0.25) is 5.02 Å². The van der Waals surface area contributed by atoms with Crippen molar-refractivity contribution in [1.29, 1.82) is 5.26 Å². The Morgan fingerprint density at radius 3 is 2.46 bits per heavy atom. The van der Waals surface area contributed by atoms with Gasteiger partial charge in [0.1, 0.15) is 16.7 Å². The summed E-state index contributed by atoms with van der Waals surface area (Å²) in [5.41, 5.74) is 1.39. The molecule has 0 radical (unpaired) electrons. The molecule has 2 aromatic carbocycles. The molecule has 0 bridgehead atoms. The Morgan fingerprint density at radius 2 is 1.92 bits per heavy atom. The molecule has 0 atom stereocenters. The van der Waals surface area contributed by atoms with Gasteiger partial charge in [-0.05, 0) is 35.9 Å². The first-order valence-electron chi connectivity index (χ1n) is 7.46. The van der Waals surface area contributed by atoms with Crippen LogP contribution in [0.15, 0.2) is 48.0 Å². The number of halogens is 1. The largest absolute Gasteiger partial charge is 0.378 e. The van der Waals surface area contributed by atoms with Crippen molar-refractivity contribution in [3.05, 3.63) is 68.7 Å². The minimum absolute atomic E-state index is 0.0370. The van der Waals surface area contributed by atoms with Crippen LogP contribution in [0.1, 0.15) is 5.56 Å². The maximum atomic E-state index is 12.3. The number of amides is 1. The number of nitriles is 1. The predicted octanol–water partition coefficient (Wildman–Crippen LogP) is 3.86. The normalized spacial score (nSPS) is 10.8. The van der Waals surface area contributed by atoms with Gasteiger partial charge >= 0.3 is 0 Å². The van der Waals surface area contributed by atoms with Crippen molar-refractivity contribution in [3.63, 3.8) is 0 Å². The third kappa shape index (κ3) is 4.59. The number of nitro benzene ring substituents is 1. The second-order valence-corrected chi connectivity index (χ2v) is 5.94. The van der Waals surface area contributed by atoms with Crippen LogP contribution in [-0.4, -0.2) is 24.9 Å². The van der Waals surface area contributed by atoms with Crippen molar-refractivity contribution < 1.29 is 9.72 Å². The summed E-state index contributed by atoms with van der Waals surface area (Å²) in [6, 6.07) is 13.0. The Balaban J connectivity index is 2.22. The molecule has 0 aromatic heterocycles. The number of nitrogens with one attached hydrogen (secondary N) is 1. The van der Waals surface area contributed by atoms with Crippen LogP contribution in [0.5, 0.6) is 0 Å². The van der Waals surface area contributed by atoms with Gasteiger partial charge in [0.05, 0.1) is 4.92 Å². The Bertz CT molecular complexity index is 915. The Labute approximate surface area is 155 Å². The van der Waals surface area contributed by atoms with E-state index in [1.807, 2.05) is 37.2 Å². The van der Waals surface area contributed by atoms with Crippen LogP contribution < -0.4 is 10.2 Å². The smallest absolute Gasteiger partial charge is 0.289 e. The lowest BCUT2D eigenvalue weighted by molar-refractivity contribution is -0.384. The second-order valence-electron chi connectivity index (χ2n) is 5.53. The van der Waals surface area contributed by atoms with Crippen LogP contribution in [-0.2, 0) is 4.79 Å². The van der Waals surface area contributed by atoms with Crippen LogP contribution in [0.4, 0.5) is 17.1 Å². The van der Waals surface area contributed by atoms with Gasteiger partial charge < -0.3 is 10.2 Å². The number of anilines is 2. The molecule has 2 aromatic rings. The number of carbonyl (C=O) groups excluding carboxylic acids is 1. The van der Waals surface area contributed by atoms with Crippen molar-refractivity contribution in [2.45, 2.75) is 0 Å². The highest BCUT2D eigenvalue weighted by Gasteiger charge is 2.15. The molecule has 0 unspecified atom stereocenters. The van der Waals surface area contributed by atoms with E-state index in [9.17, 15) is 20.2 Å². The number of nitrogens with zero attached hydrogens (tertiary/aromatic N) is 3. The van der Waals surface area contributed by atoms with E-state index in [-0.39, 0.29) is 22.0 Å². The molecule has 1 N–H and O–H groups in total. The zero-order chi connectivity index (χ0) is 19.3. The summed E-state index contributed by atoms with van der Waals surface area (Å²) in [6.45, 7) is 0. The van der Waals surface area contributed by atoms with Gasteiger partial charge in [-0.25, -0.2) is 0 Å². The van der Waals surface area contributed by atoms with Gasteiger partial charge in [0.15, 0.2) is 0 Å². The zero-order valence-electron chi connectivity index (χ0n) is 14.1. The Morgan fingerprint density at radius 1 is 1.27 bits per heavy atom. The molecule has 7 nitrogen and oxygen atoms in total. The van der Waals surface area contributed by atoms with Crippen molar-refractivity contribution in [2.75, 3.05) is 24.3 Å². The highest BCUT2D eigenvalue weighted by molar-refractivity contribution is 6.32. The van der Waals surface area contributed by atoms with Crippen molar-refractivity contribution >= 4 is 40.6 Å². The van der Waals surface area contributed by atoms with E-state index in [1.165, 1.54) is 18.2 Å². The summed E-state index contributed by atoms with van der Waals surface area (Å²) in [5.74, 6) is -0.666. The van der Waals surface area contributed by atoms with Crippen molar-refractivity contribution in [3.8, 4) is 6.07 Å². The van der Waals surface area contributed by atoms with E-state index in [0.29, 0.717) is 5.56 Å². The quantitative estimate of drug-likeness (QED) is 0.373. The number of carbonyl (C=O) groups is 1. The predicted molar refractivity (Wildman–Crippen MR) is 101 cm³/mol. The minimum atomic E-state index is -0.666. The maximum absolute atomic E-state index is 12.3. The van der Waals surface area contributed by atoms with Gasteiger partial charge in [0.2, 0.25) is 0 Å². The first kappa shape index (κ1) is 19.0. The van der Waals surface area contributed by atoms with E-state index in [0.717, 1.165) is 11.8 Å². The first-order chi connectivity index (χ1) is 12.3. The lowest BCUT2D eigenvalue weighted by atomic mass is 10.1. The molecule has 2 rings (SSSR count). The molecule has 0 fully saturated rings. The van der Waals surface area contributed by atoms with E-state index < -0.39 is 10.8 Å². The fourth-order valence-electron chi connectivity index (χ4n) is 2.11. The molecule has 0 saturated heterocycles. The van der Waals surface area contributed by atoms with E-state index in [1.54, 1.807) is 12.1 Å². The number of nitro groups is 1. The molecular formula is C18H15ClN4O3. The molecule has 0 heterocycles.